The predicted molar refractivity (Wildman–Crippen MR) is 37.7 cm³/mol. The normalized spacial score (nSPS) is 9.09. The van der Waals surface area contributed by atoms with Gasteiger partial charge in [-0.2, -0.15) is 9.99 Å². The second-order valence-electron chi connectivity index (χ2n) is 1.72. The van der Waals surface area contributed by atoms with Gasteiger partial charge in [-0.3, -0.25) is 5.41 Å². The minimum absolute atomic E-state index is 0.123. The number of hydrogen-bond donors (Lipinski definition) is 2. The molecule has 5 nitrogen and oxygen atoms in total. The van der Waals surface area contributed by atoms with Crippen molar-refractivity contribution in [3.05, 3.63) is 22.0 Å². The fourth-order valence-corrected chi connectivity index (χ4v) is 0.912. The number of halogens is 1. The van der Waals surface area contributed by atoms with E-state index in [1.807, 2.05) is 0 Å². The highest BCUT2D eigenvalue weighted by Gasteiger charge is 2.00. The van der Waals surface area contributed by atoms with Gasteiger partial charge in [-0.15, -0.1) is 0 Å². The molecule has 0 spiro atoms. The number of nitrogens with zero attached hydrogens (tertiary/aromatic N) is 3. The molecule has 0 aromatic carbocycles. The summed E-state index contributed by atoms with van der Waals surface area (Å²) >= 11 is 2.96. The zero-order chi connectivity index (χ0) is 8.43. The summed E-state index contributed by atoms with van der Waals surface area (Å²) in [6.45, 7) is 0. The molecule has 0 aliphatic carbocycles. The molecule has 0 fully saturated rings. The first-order valence-corrected chi connectivity index (χ1v) is 3.37. The lowest BCUT2D eigenvalue weighted by atomic mass is 10.5. The molecule has 1 heterocycles. The van der Waals surface area contributed by atoms with E-state index in [2.05, 4.69) is 20.9 Å². The van der Waals surface area contributed by atoms with Crippen molar-refractivity contribution in [2.75, 3.05) is 0 Å². The van der Waals surface area contributed by atoms with Crippen LogP contribution in [-0.2, 0) is 0 Å². The first-order valence-electron chi connectivity index (χ1n) is 2.58. The number of aromatic nitrogens is 2. The Bertz CT molecular complexity index is 377. The average molecular weight is 215 g/mol. The zero-order valence-electron chi connectivity index (χ0n) is 5.24. The molecular formula is C5H3BrN4O. The van der Waals surface area contributed by atoms with Crippen molar-refractivity contribution in [2.45, 2.75) is 0 Å². The van der Waals surface area contributed by atoms with Gasteiger partial charge in [0, 0.05) is 0 Å². The highest BCUT2D eigenvalue weighted by Crippen LogP contribution is 2.00. The Morgan fingerprint density at radius 1 is 1.82 bits per heavy atom. The maximum atomic E-state index is 8.92. The first-order chi connectivity index (χ1) is 5.15. The van der Waals surface area contributed by atoms with E-state index in [-0.39, 0.29) is 11.2 Å². The van der Waals surface area contributed by atoms with Crippen LogP contribution in [0.5, 0.6) is 0 Å². The van der Waals surface area contributed by atoms with Gasteiger partial charge >= 0.3 is 0 Å². The Balaban J connectivity index is 3.52. The Morgan fingerprint density at radius 2 is 2.45 bits per heavy atom. The molecule has 0 saturated carbocycles. The molecule has 0 unspecified atom stereocenters. The van der Waals surface area contributed by atoms with Crippen LogP contribution in [0.2, 0.25) is 0 Å². The van der Waals surface area contributed by atoms with Crippen LogP contribution in [0.4, 0.5) is 0 Å². The van der Waals surface area contributed by atoms with Crippen LogP contribution in [0, 0.1) is 16.7 Å². The predicted octanol–water partition coefficient (Wildman–Crippen LogP) is 0.234. The SMILES string of the molecule is N#Cc1nc(Br)cn(O)c1=N. The summed E-state index contributed by atoms with van der Waals surface area (Å²) in [6.07, 6.45) is 1.18. The number of rotatable bonds is 0. The zero-order valence-corrected chi connectivity index (χ0v) is 6.83. The lowest BCUT2D eigenvalue weighted by Crippen LogP contribution is -2.21. The molecule has 0 atom stereocenters. The largest absolute Gasteiger partial charge is 0.427 e. The lowest BCUT2D eigenvalue weighted by molar-refractivity contribution is 0.168. The summed E-state index contributed by atoms with van der Waals surface area (Å²) in [5.41, 5.74) is -0.447. The third-order valence-electron chi connectivity index (χ3n) is 1.01. The van der Waals surface area contributed by atoms with Gasteiger partial charge < -0.3 is 5.21 Å². The van der Waals surface area contributed by atoms with Crippen molar-refractivity contribution < 1.29 is 5.21 Å². The van der Waals surface area contributed by atoms with Gasteiger partial charge in [0.25, 0.3) is 0 Å². The number of nitriles is 1. The molecule has 1 rings (SSSR count). The first kappa shape index (κ1) is 7.75. The van der Waals surface area contributed by atoms with Crippen LogP contribution in [0.3, 0.4) is 0 Å². The van der Waals surface area contributed by atoms with Crippen molar-refractivity contribution in [3.8, 4) is 6.07 Å². The molecule has 0 aliphatic rings. The highest BCUT2D eigenvalue weighted by molar-refractivity contribution is 9.10. The van der Waals surface area contributed by atoms with Crippen molar-refractivity contribution in [3.63, 3.8) is 0 Å². The van der Waals surface area contributed by atoms with Gasteiger partial charge in [0.05, 0.1) is 6.20 Å². The molecule has 0 amide bonds. The summed E-state index contributed by atoms with van der Waals surface area (Å²) in [7, 11) is 0. The van der Waals surface area contributed by atoms with Gasteiger partial charge in [-0.25, -0.2) is 4.98 Å². The third-order valence-corrected chi connectivity index (χ3v) is 1.39. The standard InChI is InChI=1S/C5H3BrN4O/c6-4-2-10(11)5(8)3(1-7)9-4/h2,8,11H. The molecule has 0 saturated heterocycles. The lowest BCUT2D eigenvalue weighted by Gasteiger charge is -1.97. The monoisotopic (exact) mass is 214 g/mol. The van der Waals surface area contributed by atoms with E-state index in [9.17, 15) is 0 Å². The smallest absolute Gasteiger partial charge is 0.197 e. The molecular weight excluding hydrogens is 212 g/mol. The summed E-state index contributed by atoms with van der Waals surface area (Å²) in [6, 6.07) is 1.67. The van der Waals surface area contributed by atoms with E-state index in [1.165, 1.54) is 6.20 Å². The minimum atomic E-state index is -0.323. The highest BCUT2D eigenvalue weighted by atomic mass is 79.9. The maximum Gasteiger partial charge on any atom is 0.197 e. The Labute approximate surface area is 70.1 Å². The van der Waals surface area contributed by atoms with Crippen LogP contribution in [0.25, 0.3) is 0 Å². The fraction of sp³-hybridized carbons (Fsp3) is 0. The van der Waals surface area contributed by atoms with Crippen LogP contribution in [0.1, 0.15) is 5.69 Å². The number of nitrogens with one attached hydrogen (secondary N) is 1. The van der Waals surface area contributed by atoms with Crippen molar-refractivity contribution >= 4 is 15.9 Å². The molecule has 0 bridgehead atoms. The van der Waals surface area contributed by atoms with Crippen LogP contribution in [-0.4, -0.2) is 14.9 Å². The molecule has 6 heteroatoms. The molecule has 1 aromatic heterocycles. The second kappa shape index (κ2) is 2.72. The van der Waals surface area contributed by atoms with E-state index >= 15 is 0 Å². The average Bonchev–Trinajstić information content (AvgIpc) is 1.96. The van der Waals surface area contributed by atoms with E-state index in [1.54, 1.807) is 6.07 Å². The molecule has 0 radical (unpaired) electrons. The van der Waals surface area contributed by atoms with Crippen LogP contribution < -0.4 is 5.49 Å². The van der Waals surface area contributed by atoms with Crippen molar-refractivity contribution in [1.82, 2.24) is 9.71 Å². The molecule has 0 aliphatic heterocycles. The van der Waals surface area contributed by atoms with Crippen LogP contribution in [0.15, 0.2) is 10.8 Å². The van der Waals surface area contributed by atoms with Gasteiger partial charge in [0.2, 0.25) is 0 Å². The quantitative estimate of drug-likeness (QED) is 0.607. The third kappa shape index (κ3) is 1.38. The van der Waals surface area contributed by atoms with E-state index < -0.39 is 0 Å². The number of hydrogen-bond acceptors (Lipinski definition) is 4. The minimum Gasteiger partial charge on any atom is -0.427 e. The molecule has 11 heavy (non-hydrogen) atoms. The van der Waals surface area contributed by atoms with Crippen molar-refractivity contribution in [1.29, 1.82) is 10.7 Å². The summed E-state index contributed by atoms with van der Waals surface area (Å²) in [5, 5.41) is 24.4. The van der Waals surface area contributed by atoms with E-state index in [0.717, 1.165) is 0 Å². The van der Waals surface area contributed by atoms with Gasteiger partial charge in [0.15, 0.2) is 11.2 Å². The summed E-state index contributed by atoms with van der Waals surface area (Å²) in [5.74, 6) is 0. The molecule has 1 aromatic rings. The fourth-order valence-electron chi connectivity index (χ4n) is 0.541. The molecule has 2 N–H and O–H groups in total. The van der Waals surface area contributed by atoms with E-state index in [0.29, 0.717) is 9.33 Å². The van der Waals surface area contributed by atoms with Gasteiger partial charge in [-0.05, 0) is 15.9 Å². The Hall–Kier alpha value is -1.35. The molecule has 56 valence electrons. The van der Waals surface area contributed by atoms with Crippen molar-refractivity contribution in [2.24, 2.45) is 0 Å². The Morgan fingerprint density at radius 3 is 3.00 bits per heavy atom. The summed E-state index contributed by atoms with van der Waals surface area (Å²) < 4.78 is 0.836. The second-order valence-corrected chi connectivity index (χ2v) is 2.53. The van der Waals surface area contributed by atoms with E-state index in [4.69, 9.17) is 15.9 Å². The Kier molecular flexibility index (Phi) is 1.92. The van der Waals surface area contributed by atoms with Gasteiger partial charge in [0.1, 0.15) is 10.7 Å². The van der Waals surface area contributed by atoms with Crippen LogP contribution >= 0.6 is 15.9 Å². The van der Waals surface area contributed by atoms with Gasteiger partial charge in [-0.1, -0.05) is 0 Å². The summed E-state index contributed by atoms with van der Waals surface area (Å²) in [4.78, 5) is 3.64. The topological polar surface area (TPSA) is 85.7 Å². The maximum absolute atomic E-state index is 8.92.